The van der Waals surface area contributed by atoms with Crippen LogP contribution >= 0.6 is 35.0 Å². The maximum Gasteiger partial charge on any atom is 0.446 e. The molecule has 0 unspecified atom stereocenters. The van der Waals surface area contributed by atoms with Crippen molar-refractivity contribution in [1.82, 2.24) is 10.2 Å². The van der Waals surface area contributed by atoms with Gasteiger partial charge in [0, 0.05) is 20.5 Å². The normalized spacial score (nSPS) is 10.8. The Morgan fingerprint density at radius 1 is 1.07 bits per heavy atom. The van der Waals surface area contributed by atoms with Gasteiger partial charge >= 0.3 is 11.5 Å². The van der Waals surface area contributed by atoms with E-state index in [2.05, 4.69) is 15.5 Å². The lowest BCUT2D eigenvalue weighted by Gasteiger charge is -2.04. The number of benzene rings is 2. The molecule has 5 nitrogen and oxygen atoms in total. The fraction of sp³-hybridized carbons (Fsp3) is 0.118. The number of nitrogens with zero attached hydrogens (tertiary/aromatic N) is 2. The van der Waals surface area contributed by atoms with E-state index in [1.807, 2.05) is 6.92 Å². The van der Waals surface area contributed by atoms with Gasteiger partial charge in [0.15, 0.2) is 0 Å². The SMILES string of the molecule is Cc1ccc(SC(F)(F)F)cc1.O=CNc1nnc(-c2cc(Cl)cc(Cl)c2)o1. The fourth-order valence-electron chi connectivity index (χ4n) is 1.87. The second kappa shape index (κ2) is 9.81. The fourth-order valence-corrected chi connectivity index (χ4v) is 2.93. The maximum absolute atomic E-state index is 11.8. The highest BCUT2D eigenvalue weighted by Gasteiger charge is 2.28. The van der Waals surface area contributed by atoms with Crippen molar-refractivity contribution in [2.24, 2.45) is 0 Å². The van der Waals surface area contributed by atoms with E-state index in [1.54, 1.807) is 30.3 Å². The molecule has 28 heavy (non-hydrogen) atoms. The molecule has 3 rings (SSSR count). The summed E-state index contributed by atoms with van der Waals surface area (Å²) in [4.78, 5) is 10.4. The van der Waals surface area contributed by atoms with E-state index in [4.69, 9.17) is 27.6 Å². The summed E-state index contributed by atoms with van der Waals surface area (Å²) >= 11 is 11.6. The molecule has 3 aromatic rings. The monoisotopic (exact) mass is 449 g/mol. The summed E-state index contributed by atoms with van der Waals surface area (Å²) in [6, 6.07) is 11.1. The van der Waals surface area contributed by atoms with Crippen molar-refractivity contribution < 1.29 is 22.4 Å². The van der Waals surface area contributed by atoms with E-state index in [0.717, 1.165) is 5.56 Å². The number of aromatic nitrogens is 2. The molecule has 0 saturated heterocycles. The summed E-state index contributed by atoms with van der Waals surface area (Å²) < 4.78 is 40.6. The van der Waals surface area contributed by atoms with Gasteiger partial charge in [0.25, 0.3) is 0 Å². The van der Waals surface area contributed by atoms with Gasteiger partial charge in [-0.15, -0.1) is 5.10 Å². The molecule has 148 valence electrons. The maximum atomic E-state index is 11.8. The first-order chi connectivity index (χ1) is 13.2. The summed E-state index contributed by atoms with van der Waals surface area (Å²) in [5.74, 6) is 0.230. The molecule has 0 atom stereocenters. The predicted molar refractivity (Wildman–Crippen MR) is 103 cm³/mol. The Labute approximate surface area is 172 Å². The van der Waals surface area contributed by atoms with Gasteiger partial charge in [0.1, 0.15) is 0 Å². The third-order valence-corrected chi connectivity index (χ3v) is 4.15. The van der Waals surface area contributed by atoms with Gasteiger partial charge in [0.2, 0.25) is 12.3 Å². The number of alkyl halides is 3. The minimum absolute atomic E-state index is 0.0149. The van der Waals surface area contributed by atoms with Crippen LogP contribution in [-0.2, 0) is 4.79 Å². The molecule has 0 aliphatic carbocycles. The van der Waals surface area contributed by atoms with Crippen LogP contribution < -0.4 is 5.32 Å². The molecule has 0 spiro atoms. The van der Waals surface area contributed by atoms with Crippen molar-refractivity contribution in [2.45, 2.75) is 17.3 Å². The lowest BCUT2D eigenvalue weighted by Crippen LogP contribution is -1.98. The summed E-state index contributed by atoms with van der Waals surface area (Å²) in [5.41, 5.74) is -2.64. The molecule has 2 aromatic carbocycles. The minimum atomic E-state index is -4.19. The zero-order valence-corrected chi connectivity index (χ0v) is 16.5. The van der Waals surface area contributed by atoms with Crippen molar-refractivity contribution in [3.8, 4) is 11.5 Å². The van der Waals surface area contributed by atoms with Crippen molar-refractivity contribution in [3.63, 3.8) is 0 Å². The van der Waals surface area contributed by atoms with Crippen LogP contribution in [0.1, 0.15) is 5.56 Å². The smallest absolute Gasteiger partial charge is 0.403 e. The van der Waals surface area contributed by atoms with Gasteiger partial charge in [-0.3, -0.25) is 10.1 Å². The number of halogens is 5. The van der Waals surface area contributed by atoms with Crippen molar-refractivity contribution in [3.05, 3.63) is 58.1 Å². The lowest BCUT2D eigenvalue weighted by atomic mass is 10.2. The van der Waals surface area contributed by atoms with Gasteiger partial charge in [-0.1, -0.05) is 46.0 Å². The Balaban J connectivity index is 0.000000209. The molecule has 0 bridgehead atoms. The molecule has 11 heteroatoms. The second-order valence-corrected chi connectivity index (χ2v) is 7.20. The number of nitrogens with one attached hydrogen (secondary N) is 1. The number of amides is 1. The lowest BCUT2D eigenvalue weighted by molar-refractivity contribution is -0.105. The Hall–Kier alpha value is -2.23. The molecule has 1 amide bonds. The molecule has 0 saturated carbocycles. The summed E-state index contributed by atoms with van der Waals surface area (Å²) in [6.45, 7) is 1.84. The van der Waals surface area contributed by atoms with Crippen LogP contribution in [0, 0.1) is 6.92 Å². The van der Waals surface area contributed by atoms with Gasteiger partial charge < -0.3 is 4.42 Å². The van der Waals surface area contributed by atoms with E-state index in [-0.39, 0.29) is 28.6 Å². The molecule has 1 aromatic heterocycles. The van der Waals surface area contributed by atoms with Gasteiger partial charge in [0.05, 0.1) is 0 Å². The Morgan fingerprint density at radius 3 is 2.21 bits per heavy atom. The molecule has 0 radical (unpaired) electrons. The number of hydrogen-bond acceptors (Lipinski definition) is 5. The Bertz CT molecular complexity index is 914. The van der Waals surface area contributed by atoms with Crippen LogP contribution in [0.15, 0.2) is 51.8 Å². The number of anilines is 1. The highest BCUT2D eigenvalue weighted by Crippen LogP contribution is 2.36. The van der Waals surface area contributed by atoms with E-state index in [0.29, 0.717) is 22.0 Å². The molecular weight excluding hydrogens is 438 g/mol. The van der Waals surface area contributed by atoms with Crippen molar-refractivity contribution in [2.75, 3.05) is 5.32 Å². The van der Waals surface area contributed by atoms with Crippen LogP contribution in [0.5, 0.6) is 0 Å². The number of carbonyl (C=O) groups excluding carboxylic acids is 1. The van der Waals surface area contributed by atoms with Gasteiger partial charge in [-0.25, -0.2) is 0 Å². The Kier molecular flexibility index (Phi) is 7.73. The molecule has 0 aliphatic heterocycles. The standard InChI is InChI=1S/C9H5Cl2N3O2.C8H7F3S/c10-6-1-5(2-7(11)3-6)8-13-14-9(16-8)12-4-15;1-6-2-4-7(5-3-6)12-8(9,10)11/h1-4H,(H,12,14,15);2-5H,1H3. The topological polar surface area (TPSA) is 68.0 Å². The number of aryl methyl sites for hydroxylation is 1. The quantitative estimate of drug-likeness (QED) is 0.378. The Morgan fingerprint density at radius 2 is 1.68 bits per heavy atom. The number of hydrogen-bond donors (Lipinski definition) is 1. The summed E-state index contributed by atoms with van der Waals surface area (Å²) in [5, 5.41) is 10.5. The largest absolute Gasteiger partial charge is 0.446 e. The van der Waals surface area contributed by atoms with Gasteiger partial charge in [-0.05, 0) is 49.0 Å². The van der Waals surface area contributed by atoms with Gasteiger partial charge in [-0.2, -0.15) is 13.2 Å². The third kappa shape index (κ3) is 7.41. The predicted octanol–water partition coefficient (Wildman–Crippen LogP) is 6.22. The summed E-state index contributed by atoms with van der Waals surface area (Å²) in [6.07, 6.45) is 0.447. The highest BCUT2D eigenvalue weighted by molar-refractivity contribution is 8.00. The third-order valence-electron chi connectivity index (χ3n) is 2.97. The number of carbonyl (C=O) groups is 1. The van der Waals surface area contributed by atoms with Crippen LogP contribution in [0.3, 0.4) is 0 Å². The van der Waals surface area contributed by atoms with Crippen LogP contribution in [0.4, 0.5) is 19.2 Å². The molecular formula is C17H12Cl2F3N3O2S. The number of rotatable bonds is 4. The first-order valence-electron chi connectivity index (χ1n) is 7.49. The molecule has 1 N–H and O–H groups in total. The molecule has 1 heterocycles. The zero-order chi connectivity index (χ0) is 20.7. The van der Waals surface area contributed by atoms with Crippen molar-refractivity contribution >= 4 is 47.4 Å². The molecule has 0 fully saturated rings. The zero-order valence-electron chi connectivity index (χ0n) is 14.1. The number of thioether (sulfide) groups is 1. The van der Waals surface area contributed by atoms with Crippen molar-refractivity contribution in [1.29, 1.82) is 0 Å². The van der Waals surface area contributed by atoms with E-state index in [9.17, 15) is 18.0 Å². The minimum Gasteiger partial charge on any atom is -0.403 e. The highest BCUT2D eigenvalue weighted by atomic mass is 35.5. The van der Waals surface area contributed by atoms with E-state index < -0.39 is 5.51 Å². The van der Waals surface area contributed by atoms with Crippen LogP contribution in [0.25, 0.3) is 11.5 Å². The first-order valence-corrected chi connectivity index (χ1v) is 9.06. The average molecular weight is 450 g/mol. The summed E-state index contributed by atoms with van der Waals surface area (Å²) in [7, 11) is 0. The van der Waals surface area contributed by atoms with E-state index in [1.165, 1.54) is 12.1 Å². The van der Waals surface area contributed by atoms with Crippen LogP contribution in [0.2, 0.25) is 10.0 Å². The second-order valence-electron chi connectivity index (χ2n) is 5.19. The molecule has 0 aliphatic rings. The average Bonchev–Trinajstić information content (AvgIpc) is 3.05. The van der Waals surface area contributed by atoms with Crippen LogP contribution in [-0.4, -0.2) is 22.1 Å². The first kappa shape index (κ1) is 22.1. The van der Waals surface area contributed by atoms with E-state index >= 15 is 0 Å².